The molecule has 160 valence electrons. The first-order chi connectivity index (χ1) is 14.6. The molecule has 2 fully saturated rings. The van der Waals surface area contributed by atoms with Crippen molar-refractivity contribution in [3.8, 4) is 23.6 Å². The lowest BCUT2D eigenvalue weighted by molar-refractivity contribution is 0.353. The molecule has 4 rings (SSSR count). The molecule has 2 aliphatic rings. The van der Waals surface area contributed by atoms with E-state index < -0.39 is 0 Å². The third-order valence-corrected chi connectivity index (χ3v) is 6.51. The molecule has 0 spiro atoms. The van der Waals surface area contributed by atoms with E-state index in [1.165, 1.54) is 18.5 Å². The zero-order valence-corrected chi connectivity index (χ0v) is 18.5. The lowest BCUT2D eigenvalue weighted by atomic mass is 9.91. The highest BCUT2D eigenvalue weighted by Gasteiger charge is 2.26. The number of nitrogens with one attached hydrogen (secondary N) is 2. The fraction of sp³-hybridized carbons (Fsp3) is 0.609. The Balaban J connectivity index is 1.37. The summed E-state index contributed by atoms with van der Waals surface area (Å²) in [6, 6.07) is 0.977. The van der Waals surface area contributed by atoms with Gasteiger partial charge < -0.3 is 10.6 Å². The van der Waals surface area contributed by atoms with Gasteiger partial charge in [-0.25, -0.2) is 9.97 Å². The van der Waals surface area contributed by atoms with Gasteiger partial charge in [0.2, 0.25) is 5.95 Å². The van der Waals surface area contributed by atoms with Crippen molar-refractivity contribution in [3.05, 3.63) is 23.1 Å². The molecule has 0 aliphatic heterocycles. The molecule has 2 heterocycles. The van der Waals surface area contributed by atoms with Crippen LogP contribution >= 0.6 is 11.6 Å². The van der Waals surface area contributed by atoms with E-state index in [0.29, 0.717) is 23.1 Å². The van der Waals surface area contributed by atoms with Gasteiger partial charge in [-0.3, -0.25) is 4.68 Å². The summed E-state index contributed by atoms with van der Waals surface area (Å²) >= 11 is 6.49. The molecule has 0 amide bonds. The van der Waals surface area contributed by atoms with Crippen molar-refractivity contribution < 1.29 is 0 Å². The summed E-state index contributed by atoms with van der Waals surface area (Å²) in [4.78, 5) is 9.23. The lowest BCUT2D eigenvalue weighted by Gasteiger charge is -2.29. The quantitative estimate of drug-likeness (QED) is 0.464. The molecule has 0 saturated heterocycles. The van der Waals surface area contributed by atoms with Gasteiger partial charge in [-0.1, -0.05) is 11.6 Å². The number of anilines is 1. The van der Waals surface area contributed by atoms with Crippen LogP contribution in [0.3, 0.4) is 0 Å². The molecule has 6 nitrogen and oxygen atoms in total. The summed E-state index contributed by atoms with van der Waals surface area (Å²) in [7, 11) is 1.99. The van der Waals surface area contributed by atoms with E-state index in [4.69, 9.17) is 23.0 Å². The van der Waals surface area contributed by atoms with E-state index in [1.54, 1.807) is 6.20 Å². The van der Waals surface area contributed by atoms with Gasteiger partial charge in [0.15, 0.2) is 0 Å². The third kappa shape index (κ3) is 5.33. The molecular weight excluding hydrogens is 396 g/mol. The van der Waals surface area contributed by atoms with E-state index >= 15 is 0 Å². The molecule has 0 aromatic carbocycles. The van der Waals surface area contributed by atoms with Crippen molar-refractivity contribution in [2.75, 3.05) is 11.9 Å². The van der Waals surface area contributed by atoms with E-state index in [0.717, 1.165) is 68.7 Å². The van der Waals surface area contributed by atoms with Crippen molar-refractivity contribution in [2.45, 2.75) is 69.9 Å². The van der Waals surface area contributed by atoms with Crippen molar-refractivity contribution in [1.29, 1.82) is 0 Å². The summed E-state index contributed by atoms with van der Waals surface area (Å²) in [5.74, 6) is 4.12. The number of terminal acetylenes is 1. The number of nitrogens with zero attached hydrogens (tertiary/aromatic N) is 4. The van der Waals surface area contributed by atoms with E-state index in [1.807, 2.05) is 17.9 Å². The number of aromatic nitrogens is 4. The fourth-order valence-electron chi connectivity index (χ4n) is 4.24. The molecule has 0 radical (unpaired) electrons. The number of rotatable bonds is 9. The van der Waals surface area contributed by atoms with Crippen molar-refractivity contribution in [3.63, 3.8) is 0 Å². The summed E-state index contributed by atoms with van der Waals surface area (Å²) in [6.45, 7) is 1.00. The van der Waals surface area contributed by atoms with Gasteiger partial charge in [0, 0.05) is 36.8 Å². The number of halogens is 1. The Bertz CT molecular complexity index is 890. The van der Waals surface area contributed by atoms with Crippen LogP contribution in [0.1, 0.15) is 57.1 Å². The van der Waals surface area contributed by atoms with E-state index in [9.17, 15) is 0 Å². The Hall–Kier alpha value is -2.10. The molecule has 0 bridgehead atoms. The maximum atomic E-state index is 6.49. The zero-order valence-electron chi connectivity index (χ0n) is 17.7. The highest BCUT2D eigenvalue weighted by Crippen LogP contribution is 2.37. The number of hydrogen-bond acceptors (Lipinski definition) is 5. The summed E-state index contributed by atoms with van der Waals surface area (Å²) in [6.07, 6.45) is 19.0. The highest BCUT2D eigenvalue weighted by molar-refractivity contribution is 6.32. The predicted molar refractivity (Wildman–Crippen MR) is 121 cm³/mol. The molecule has 7 heteroatoms. The molecule has 2 saturated carbocycles. The Kier molecular flexibility index (Phi) is 6.91. The van der Waals surface area contributed by atoms with Gasteiger partial charge in [0.25, 0.3) is 0 Å². The molecule has 2 aromatic rings. The summed E-state index contributed by atoms with van der Waals surface area (Å²) in [5, 5.41) is 12.2. The molecule has 2 aliphatic carbocycles. The van der Waals surface area contributed by atoms with Crippen molar-refractivity contribution in [1.82, 2.24) is 25.1 Å². The monoisotopic (exact) mass is 426 g/mol. The van der Waals surface area contributed by atoms with Gasteiger partial charge in [-0.2, -0.15) is 5.10 Å². The first-order valence-corrected chi connectivity index (χ1v) is 11.5. The highest BCUT2D eigenvalue weighted by atomic mass is 35.5. The van der Waals surface area contributed by atoms with Crippen LogP contribution in [0.15, 0.2) is 12.4 Å². The van der Waals surface area contributed by atoms with Gasteiger partial charge in [-0.05, 0) is 63.8 Å². The maximum Gasteiger partial charge on any atom is 0.223 e. The topological polar surface area (TPSA) is 67.7 Å². The Morgan fingerprint density at radius 1 is 1.17 bits per heavy atom. The Morgan fingerprint density at radius 3 is 2.67 bits per heavy atom. The average Bonchev–Trinajstić information content (AvgIpc) is 3.50. The SMILES string of the molecule is C#CCCCNC1CCC(Nc2ncc(Cl)c(-c3cnn(C)c3CC3CC3)n2)CC1. The predicted octanol–water partition coefficient (Wildman–Crippen LogP) is 4.21. The molecule has 30 heavy (non-hydrogen) atoms. The molecule has 2 aromatic heterocycles. The van der Waals surface area contributed by atoms with E-state index in [2.05, 4.69) is 26.6 Å². The largest absolute Gasteiger partial charge is 0.351 e. The van der Waals surface area contributed by atoms with Crippen LogP contribution in [-0.2, 0) is 13.5 Å². The second-order valence-corrected chi connectivity index (χ2v) is 9.03. The van der Waals surface area contributed by atoms with Crippen molar-refractivity contribution in [2.24, 2.45) is 13.0 Å². The lowest BCUT2D eigenvalue weighted by Crippen LogP contribution is -2.37. The van der Waals surface area contributed by atoms with Gasteiger partial charge in [0.05, 0.1) is 23.1 Å². The fourth-order valence-corrected chi connectivity index (χ4v) is 4.44. The average molecular weight is 427 g/mol. The van der Waals surface area contributed by atoms with Crippen LogP contribution < -0.4 is 10.6 Å². The van der Waals surface area contributed by atoms with Crippen LogP contribution in [0.5, 0.6) is 0 Å². The second-order valence-electron chi connectivity index (χ2n) is 8.62. The minimum Gasteiger partial charge on any atom is -0.351 e. The van der Waals surface area contributed by atoms with E-state index in [-0.39, 0.29) is 0 Å². The number of aryl methyl sites for hydroxylation is 1. The molecular formula is C23H31ClN6. The summed E-state index contributed by atoms with van der Waals surface area (Å²) in [5.41, 5.74) is 3.02. The van der Waals surface area contributed by atoms with Crippen LogP contribution in [-0.4, -0.2) is 38.4 Å². The Morgan fingerprint density at radius 2 is 1.93 bits per heavy atom. The standard InChI is InChI=1S/C23H31ClN6/c1-3-4-5-12-25-17-8-10-18(11-9-17)28-23-26-15-20(24)22(29-23)19-14-27-30(2)21(19)13-16-6-7-16/h1,14-18,25H,4-13H2,2H3,(H,26,28,29). The van der Waals surface area contributed by atoms with Crippen LogP contribution in [0.25, 0.3) is 11.3 Å². The second kappa shape index (κ2) is 9.80. The molecule has 0 atom stereocenters. The number of hydrogen-bond donors (Lipinski definition) is 2. The molecule has 0 unspecified atom stereocenters. The van der Waals surface area contributed by atoms with Crippen molar-refractivity contribution >= 4 is 17.5 Å². The number of unbranched alkanes of at least 4 members (excludes halogenated alkanes) is 1. The van der Waals surface area contributed by atoms with Gasteiger partial charge in [-0.15, -0.1) is 12.3 Å². The van der Waals surface area contributed by atoms with Gasteiger partial charge >= 0.3 is 0 Å². The van der Waals surface area contributed by atoms with Crippen LogP contribution in [0.2, 0.25) is 5.02 Å². The third-order valence-electron chi connectivity index (χ3n) is 6.23. The zero-order chi connectivity index (χ0) is 20.9. The smallest absolute Gasteiger partial charge is 0.223 e. The first-order valence-electron chi connectivity index (χ1n) is 11.1. The minimum atomic E-state index is 0.391. The Labute approximate surface area is 184 Å². The minimum absolute atomic E-state index is 0.391. The first kappa shape index (κ1) is 21.1. The molecule has 2 N–H and O–H groups in total. The summed E-state index contributed by atoms with van der Waals surface area (Å²) < 4.78 is 1.96. The van der Waals surface area contributed by atoms with Gasteiger partial charge in [0.1, 0.15) is 0 Å². The normalized spacial score (nSPS) is 21.4. The maximum absolute atomic E-state index is 6.49. The van der Waals surface area contributed by atoms with Crippen LogP contribution in [0.4, 0.5) is 5.95 Å². The van der Waals surface area contributed by atoms with Crippen LogP contribution in [0, 0.1) is 18.3 Å².